The van der Waals surface area contributed by atoms with Crippen LogP contribution in [0.15, 0.2) is 64.5 Å². The van der Waals surface area contributed by atoms with E-state index in [-0.39, 0.29) is 22.4 Å². The number of benzene rings is 2. The molecule has 2 atom stereocenters. The fraction of sp³-hybridized carbons (Fsp3) is 0.300. The van der Waals surface area contributed by atoms with Crippen LogP contribution < -0.4 is 5.73 Å². The monoisotopic (exact) mass is 449 g/mol. The van der Waals surface area contributed by atoms with Gasteiger partial charge < -0.3 is 5.73 Å². The summed E-state index contributed by atoms with van der Waals surface area (Å²) in [7, 11) is -8.61. The zero-order chi connectivity index (χ0) is 21.3. The van der Waals surface area contributed by atoms with Gasteiger partial charge in [-0.05, 0) is 48.6 Å². The zero-order valence-corrected chi connectivity index (χ0v) is 17.5. The number of halogens is 1. The van der Waals surface area contributed by atoms with E-state index in [1.54, 1.807) is 18.2 Å². The number of nitrogens with zero attached hydrogens (tertiary/aromatic N) is 2. The maximum Gasteiger partial charge on any atom is 0.272 e. The van der Waals surface area contributed by atoms with Crippen molar-refractivity contribution in [2.24, 2.45) is 23.5 Å². The van der Waals surface area contributed by atoms with Gasteiger partial charge in [0.25, 0.3) is 20.0 Å². The third kappa shape index (κ3) is 2.74. The van der Waals surface area contributed by atoms with Crippen molar-refractivity contribution in [1.29, 1.82) is 0 Å². The van der Waals surface area contributed by atoms with Crippen molar-refractivity contribution in [2.75, 3.05) is 19.6 Å². The maximum atomic E-state index is 14.4. The van der Waals surface area contributed by atoms with Gasteiger partial charge in [-0.2, -0.15) is 4.31 Å². The van der Waals surface area contributed by atoms with Gasteiger partial charge in [0.2, 0.25) is 0 Å². The molecule has 3 aromatic rings. The third-order valence-corrected chi connectivity index (χ3v) is 9.89. The van der Waals surface area contributed by atoms with E-state index in [1.807, 2.05) is 0 Å². The normalized spacial score (nSPS) is 24.3. The first-order chi connectivity index (χ1) is 14.3. The summed E-state index contributed by atoms with van der Waals surface area (Å²) in [6, 6.07) is 12.7. The van der Waals surface area contributed by atoms with Gasteiger partial charge in [0, 0.05) is 18.5 Å². The van der Waals surface area contributed by atoms with Gasteiger partial charge >= 0.3 is 0 Å². The fourth-order valence-electron chi connectivity index (χ4n) is 4.57. The summed E-state index contributed by atoms with van der Waals surface area (Å²) in [5.41, 5.74) is 5.90. The molecule has 2 N–H and O–H groups in total. The molecule has 1 aromatic heterocycles. The summed E-state index contributed by atoms with van der Waals surface area (Å²) in [6.45, 7) is 1.15. The molecule has 1 aliphatic carbocycles. The lowest BCUT2D eigenvalue weighted by Gasteiger charge is -2.20. The van der Waals surface area contributed by atoms with Crippen molar-refractivity contribution in [2.45, 2.75) is 9.92 Å². The van der Waals surface area contributed by atoms with Crippen LogP contribution in [0.1, 0.15) is 0 Å². The van der Waals surface area contributed by atoms with Crippen LogP contribution in [0.4, 0.5) is 4.39 Å². The molecule has 2 fully saturated rings. The number of para-hydroxylation sites is 1. The molecule has 0 spiro atoms. The second-order valence-electron chi connectivity index (χ2n) is 7.79. The molecule has 5 rings (SSSR count). The van der Waals surface area contributed by atoms with E-state index in [1.165, 1.54) is 28.6 Å². The molecule has 0 amide bonds. The van der Waals surface area contributed by atoms with Crippen LogP contribution in [-0.4, -0.2) is 44.7 Å². The summed E-state index contributed by atoms with van der Waals surface area (Å²) < 4.78 is 70.2. The highest BCUT2D eigenvalue weighted by Gasteiger charge is 2.57. The van der Waals surface area contributed by atoms with Crippen LogP contribution in [0, 0.1) is 23.6 Å². The van der Waals surface area contributed by atoms with Crippen LogP contribution in [0.25, 0.3) is 10.9 Å². The minimum atomic E-state index is -4.50. The topological polar surface area (TPSA) is 102 Å². The van der Waals surface area contributed by atoms with Gasteiger partial charge in [-0.1, -0.05) is 30.3 Å². The van der Waals surface area contributed by atoms with Crippen LogP contribution in [-0.2, 0) is 20.0 Å². The summed E-state index contributed by atoms with van der Waals surface area (Å²) in [6.07, 6.45) is 0. The molecule has 1 saturated carbocycles. The summed E-state index contributed by atoms with van der Waals surface area (Å²) in [5.74, 6) is -0.187. The number of aromatic nitrogens is 1. The van der Waals surface area contributed by atoms with Crippen LogP contribution in [0.2, 0.25) is 0 Å². The fourth-order valence-corrected chi connectivity index (χ4v) is 8.21. The molecule has 10 heteroatoms. The number of nitrogens with two attached hydrogens (primary N) is 1. The molecule has 2 aromatic carbocycles. The third-order valence-electron chi connectivity index (χ3n) is 6.20. The second kappa shape index (κ2) is 6.61. The Morgan fingerprint density at radius 1 is 0.933 bits per heavy atom. The van der Waals surface area contributed by atoms with Gasteiger partial charge in [0.15, 0.2) is 5.03 Å². The molecule has 2 unspecified atom stereocenters. The van der Waals surface area contributed by atoms with E-state index in [0.717, 1.165) is 16.1 Å². The Bertz CT molecular complexity index is 1360. The minimum Gasteiger partial charge on any atom is -0.330 e. The number of sulfonamides is 1. The Hall–Kier alpha value is -2.27. The standard InChI is InChI=1S/C20H20FN3O4S2/c21-17-6-2-4-8-19(17)29(25,26)24-18-7-3-1-5-13(18)9-20(24)30(27,28)23-11-15-14(10-22)16(15)12-23/h1-9,14-16H,10-12,22H2. The van der Waals surface area contributed by atoms with Gasteiger partial charge in [0.1, 0.15) is 10.7 Å². The van der Waals surface area contributed by atoms with E-state index < -0.39 is 30.8 Å². The molecule has 2 heterocycles. The molecule has 0 bridgehead atoms. The van der Waals surface area contributed by atoms with E-state index in [4.69, 9.17) is 5.73 Å². The van der Waals surface area contributed by atoms with Crippen molar-refractivity contribution in [3.63, 3.8) is 0 Å². The Labute approximate surface area is 174 Å². The van der Waals surface area contributed by atoms with Gasteiger partial charge in [0.05, 0.1) is 5.52 Å². The number of hydrogen-bond acceptors (Lipinski definition) is 5. The lowest BCUT2D eigenvalue weighted by Crippen LogP contribution is -2.34. The predicted octanol–water partition coefficient (Wildman–Crippen LogP) is 1.84. The molecular weight excluding hydrogens is 429 g/mol. The highest BCUT2D eigenvalue weighted by molar-refractivity contribution is 7.92. The average molecular weight is 450 g/mol. The Kier molecular flexibility index (Phi) is 4.34. The first-order valence-corrected chi connectivity index (χ1v) is 12.5. The average Bonchev–Trinajstić information content (AvgIpc) is 3.07. The van der Waals surface area contributed by atoms with E-state index in [0.29, 0.717) is 30.9 Å². The molecule has 7 nitrogen and oxygen atoms in total. The van der Waals surface area contributed by atoms with Crippen LogP contribution in [0.5, 0.6) is 0 Å². The number of piperidine rings is 1. The van der Waals surface area contributed by atoms with Gasteiger partial charge in [-0.15, -0.1) is 0 Å². The highest BCUT2D eigenvalue weighted by Crippen LogP contribution is 2.52. The number of rotatable bonds is 5. The van der Waals surface area contributed by atoms with Crippen molar-refractivity contribution in [3.8, 4) is 0 Å². The predicted molar refractivity (Wildman–Crippen MR) is 109 cm³/mol. The van der Waals surface area contributed by atoms with Gasteiger partial charge in [-0.25, -0.2) is 25.2 Å². The van der Waals surface area contributed by atoms with Crippen LogP contribution >= 0.6 is 0 Å². The highest BCUT2D eigenvalue weighted by atomic mass is 32.2. The van der Waals surface area contributed by atoms with Gasteiger partial charge in [-0.3, -0.25) is 0 Å². The SMILES string of the molecule is NCC1C2CN(S(=O)(=O)c3cc4ccccc4n3S(=O)(=O)c3ccccc3F)CC12. The maximum absolute atomic E-state index is 14.4. The first kappa shape index (κ1) is 19.7. The first-order valence-electron chi connectivity index (χ1n) is 9.57. The van der Waals surface area contributed by atoms with Crippen molar-refractivity contribution in [3.05, 3.63) is 60.4 Å². The minimum absolute atomic E-state index is 0.184. The molecule has 1 aliphatic heterocycles. The number of hydrogen-bond donors (Lipinski definition) is 1. The molecule has 1 saturated heterocycles. The quantitative estimate of drug-likeness (QED) is 0.640. The largest absolute Gasteiger partial charge is 0.330 e. The van der Waals surface area contributed by atoms with E-state index in [9.17, 15) is 21.2 Å². The molecule has 2 aliphatic rings. The molecule has 158 valence electrons. The zero-order valence-electron chi connectivity index (χ0n) is 15.8. The summed E-state index contributed by atoms with van der Waals surface area (Å²) >= 11 is 0. The van der Waals surface area contributed by atoms with E-state index in [2.05, 4.69) is 0 Å². The second-order valence-corrected chi connectivity index (χ2v) is 11.4. The molecule has 30 heavy (non-hydrogen) atoms. The van der Waals surface area contributed by atoms with Crippen molar-refractivity contribution >= 4 is 30.9 Å². The summed E-state index contributed by atoms with van der Waals surface area (Å²) in [5, 5.41) is 0.0673. The van der Waals surface area contributed by atoms with Crippen LogP contribution in [0.3, 0.4) is 0 Å². The number of fused-ring (bicyclic) bond motifs is 2. The van der Waals surface area contributed by atoms with Crippen molar-refractivity contribution < 1.29 is 21.2 Å². The lowest BCUT2D eigenvalue weighted by atomic mass is 10.3. The molecule has 0 radical (unpaired) electrons. The Morgan fingerprint density at radius 2 is 1.57 bits per heavy atom. The summed E-state index contributed by atoms with van der Waals surface area (Å²) in [4.78, 5) is -0.574. The lowest BCUT2D eigenvalue weighted by molar-refractivity contribution is 0.411. The van der Waals surface area contributed by atoms with Crippen molar-refractivity contribution in [1.82, 2.24) is 8.28 Å². The Balaban J connectivity index is 1.68. The van der Waals surface area contributed by atoms with E-state index >= 15 is 0 Å². The molecular formula is C20H20FN3O4S2. The Morgan fingerprint density at radius 3 is 2.23 bits per heavy atom. The smallest absolute Gasteiger partial charge is 0.272 e.